The van der Waals surface area contributed by atoms with Crippen molar-refractivity contribution in [3.05, 3.63) is 23.8 Å². The minimum Gasteiger partial charge on any atom is -0.490 e. The molecule has 2 aliphatic heterocycles. The Morgan fingerprint density at radius 3 is 2.66 bits per heavy atom. The number of methoxy groups -OCH3 is 1. The zero-order valence-corrected chi connectivity index (χ0v) is 17.9. The highest BCUT2D eigenvalue weighted by molar-refractivity contribution is 7.91. The van der Waals surface area contributed by atoms with Gasteiger partial charge < -0.3 is 24.4 Å². The van der Waals surface area contributed by atoms with E-state index in [1.165, 1.54) is 0 Å². The van der Waals surface area contributed by atoms with Gasteiger partial charge in [0, 0.05) is 38.2 Å². The molecule has 0 bridgehead atoms. The molecule has 0 spiro atoms. The third kappa shape index (κ3) is 6.07. The van der Waals surface area contributed by atoms with Crippen molar-refractivity contribution in [2.45, 2.75) is 38.3 Å². The first-order chi connectivity index (χ1) is 13.9. The van der Waals surface area contributed by atoms with Crippen molar-refractivity contribution in [3.8, 4) is 5.75 Å². The van der Waals surface area contributed by atoms with Crippen LogP contribution in [0.15, 0.2) is 18.2 Å². The number of urea groups is 1. The fourth-order valence-corrected chi connectivity index (χ4v) is 5.42. The van der Waals surface area contributed by atoms with E-state index in [2.05, 4.69) is 5.32 Å². The summed E-state index contributed by atoms with van der Waals surface area (Å²) in [6.07, 6.45) is 2.35. The second-order valence-corrected chi connectivity index (χ2v) is 9.81. The van der Waals surface area contributed by atoms with E-state index in [1.54, 1.807) is 18.1 Å². The van der Waals surface area contributed by atoms with E-state index in [1.807, 2.05) is 19.1 Å². The molecule has 1 N–H and O–H groups in total. The first kappa shape index (κ1) is 21.9. The molecule has 1 atom stereocenters. The predicted octanol–water partition coefficient (Wildman–Crippen LogP) is 2.22. The lowest BCUT2D eigenvalue weighted by atomic mass is 10.1. The Morgan fingerprint density at radius 2 is 2.03 bits per heavy atom. The van der Waals surface area contributed by atoms with Gasteiger partial charge in [0.1, 0.15) is 11.9 Å². The lowest BCUT2D eigenvalue weighted by Gasteiger charge is -2.28. The highest BCUT2D eigenvalue weighted by Gasteiger charge is 2.34. The molecule has 29 heavy (non-hydrogen) atoms. The molecule has 1 aromatic rings. The van der Waals surface area contributed by atoms with Gasteiger partial charge in [0.25, 0.3) is 0 Å². The third-order valence-corrected chi connectivity index (χ3v) is 7.08. The SMILES string of the molecule is COCCN(C(=O)Nc1ccc(OC2CCOCC2)c(C)c1)[C@H]1CCS(=O)(=O)C1. The molecule has 0 aliphatic carbocycles. The standard InChI is InChI=1S/C20H30N2O6S/c1-15-13-16(3-4-19(15)28-18-5-9-27-10-6-18)21-20(23)22(8-11-26-2)17-7-12-29(24,25)14-17/h3-4,13,17-18H,5-12,14H2,1-2H3,(H,21,23)/t17-/m0/s1. The van der Waals surface area contributed by atoms with Crippen molar-refractivity contribution in [3.63, 3.8) is 0 Å². The number of benzene rings is 1. The number of nitrogens with zero attached hydrogens (tertiary/aromatic N) is 1. The average molecular weight is 427 g/mol. The Bertz CT molecular complexity index is 807. The molecule has 3 rings (SSSR count). The number of amides is 2. The van der Waals surface area contributed by atoms with Crippen LogP contribution in [-0.4, -0.2) is 76.5 Å². The minimum absolute atomic E-state index is 0.00103. The van der Waals surface area contributed by atoms with Gasteiger partial charge >= 0.3 is 6.03 Å². The average Bonchev–Trinajstić information content (AvgIpc) is 3.04. The van der Waals surface area contributed by atoms with E-state index in [-0.39, 0.29) is 29.7 Å². The summed E-state index contributed by atoms with van der Waals surface area (Å²) in [6, 6.07) is 4.89. The van der Waals surface area contributed by atoms with Crippen LogP contribution in [0.3, 0.4) is 0 Å². The van der Waals surface area contributed by atoms with Crippen LogP contribution < -0.4 is 10.1 Å². The maximum Gasteiger partial charge on any atom is 0.322 e. The van der Waals surface area contributed by atoms with E-state index in [0.717, 1.165) is 24.2 Å². The second kappa shape index (κ2) is 9.77. The molecule has 2 saturated heterocycles. The molecule has 2 heterocycles. The van der Waals surface area contributed by atoms with E-state index in [0.29, 0.717) is 38.5 Å². The van der Waals surface area contributed by atoms with Gasteiger partial charge in [-0.25, -0.2) is 13.2 Å². The van der Waals surface area contributed by atoms with Crippen LogP contribution in [0.4, 0.5) is 10.5 Å². The Kier molecular flexibility index (Phi) is 7.37. The fraction of sp³-hybridized carbons (Fsp3) is 0.650. The summed E-state index contributed by atoms with van der Waals surface area (Å²) in [7, 11) is -1.53. The molecular weight excluding hydrogens is 396 g/mol. The van der Waals surface area contributed by atoms with Gasteiger partial charge in [0.15, 0.2) is 9.84 Å². The van der Waals surface area contributed by atoms with Gasteiger partial charge in [-0.15, -0.1) is 0 Å². The first-order valence-corrected chi connectivity index (χ1v) is 11.8. The van der Waals surface area contributed by atoms with E-state index < -0.39 is 9.84 Å². The normalized spacial score (nSPS) is 21.7. The smallest absolute Gasteiger partial charge is 0.322 e. The van der Waals surface area contributed by atoms with E-state index in [4.69, 9.17) is 14.2 Å². The number of hydrogen-bond acceptors (Lipinski definition) is 6. The number of rotatable bonds is 7. The zero-order chi connectivity index (χ0) is 20.9. The maximum atomic E-state index is 12.8. The lowest BCUT2D eigenvalue weighted by molar-refractivity contribution is 0.0253. The lowest BCUT2D eigenvalue weighted by Crippen LogP contribution is -2.45. The highest BCUT2D eigenvalue weighted by atomic mass is 32.2. The Hall–Kier alpha value is -1.84. The quantitative estimate of drug-likeness (QED) is 0.719. The van der Waals surface area contributed by atoms with Crippen LogP contribution in [0.2, 0.25) is 0 Å². The largest absolute Gasteiger partial charge is 0.490 e. The minimum atomic E-state index is -3.09. The van der Waals surface area contributed by atoms with Crippen LogP contribution in [0.1, 0.15) is 24.8 Å². The number of ether oxygens (including phenoxy) is 3. The van der Waals surface area contributed by atoms with Gasteiger partial charge in [0.2, 0.25) is 0 Å². The summed E-state index contributed by atoms with van der Waals surface area (Å²) < 4.78 is 40.2. The number of sulfone groups is 1. The molecule has 162 valence electrons. The molecule has 2 fully saturated rings. The number of carbonyl (C=O) groups is 1. The van der Waals surface area contributed by atoms with Crippen molar-refractivity contribution >= 4 is 21.6 Å². The number of anilines is 1. The third-order valence-electron chi connectivity index (χ3n) is 5.33. The van der Waals surface area contributed by atoms with E-state index in [9.17, 15) is 13.2 Å². The van der Waals surface area contributed by atoms with Crippen molar-refractivity contribution in [2.24, 2.45) is 0 Å². The van der Waals surface area contributed by atoms with Crippen molar-refractivity contribution in [1.82, 2.24) is 4.90 Å². The maximum absolute atomic E-state index is 12.8. The van der Waals surface area contributed by atoms with Crippen LogP contribution in [0.5, 0.6) is 5.75 Å². The summed E-state index contributed by atoms with van der Waals surface area (Å²) in [5.41, 5.74) is 1.58. The Balaban J connectivity index is 1.64. The molecule has 2 amide bonds. The van der Waals surface area contributed by atoms with Crippen LogP contribution in [-0.2, 0) is 19.3 Å². The molecule has 8 nitrogen and oxygen atoms in total. The molecular formula is C20H30N2O6S. The predicted molar refractivity (Wildman–Crippen MR) is 110 cm³/mol. The molecule has 0 saturated carbocycles. The van der Waals surface area contributed by atoms with Crippen molar-refractivity contribution < 1.29 is 27.4 Å². The highest BCUT2D eigenvalue weighted by Crippen LogP contribution is 2.26. The number of hydrogen-bond donors (Lipinski definition) is 1. The Morgan fingerprint density at radius 1 is 1.28 bits per heavy atom. The second-order valence-electron chi connectivity index (χ2n) is 7.58. The fourth-order valence-electron chi connectivity index (χ4n) is 3.69. The topological polar surface area (TPSA) is 94.2 Å². The van der Waals surface area contributed by atoms with E-state index >= 15 is 0 Å². The van der Waals surface area contributed by atoms with Gasteiger partial charge in [-0.1, -0.05) is 0 Å². The molecule has 9 heteroatoms. The first-order valence-electron chi connectivity index (χ1n) is 10.00. The Labute approximate surface area is 172 Å². The van der Waals surface area contributed by atoms with Crippen molar-refractivity contribution in [1.29, 1.82) is 0 Å². The van der Waals surface area contributed by atoms with Gasteiger partial charge in [0.05, 0.1) is 31.3 Å². The molecule has 2 aliphatic rings. The zero-order valence-electron chi connectivity index (χ0n) is 17.1. The number of nitrogens with one attached hydrogen (secondary N) is 1. The molecule has 0 radical (unpaired) electrons. The van der Waals surface area contributed by atoms with Crippen molar-refractivity contribution in [2.75, 3.05) is 50.3 Å². The molecule has 0 aromatic heterocycles. The molecule has 0 unspecified atom stereocenters. The summed E-state index contributed by atoms with van der Waals surface area (Å²) in [5, 5.41) is 2.89. The molecule has 1 aromatic carbocycles. The summed E-state index contributed by atoms with van der Waals surface area (Å²) >= 11 is 0. The summed E-state index contributed by atoms with van der Waals surface area (Å²) in [5.74, 6) is 0.917. The van der Waals surface area contributed by atoms with Crippen LogP contribution in [0, 0.1) is 6.92 Å². The van der Waals surface area contributed by atoms with Crippen LogP contribution >= 0.6 is 0 Å². The monoisotopic (exact) mass is 426 g/mol. The van der Waals surface area contributed by atoms with Gasteiger partial charge in [-0.3, -0.25) is 0 Å². The summed E-state index contributed by atoms with van der Waals surface area (Å²) in [4.78, 5) is 14.4. The number of aryl methyl sites for hydroxylation is 1. The van der Waals surface area contributed by atoms with Crippen LogP contribution in [0.25, 0.3) is 0 Å². The summed E-state index contributed by atoms with van der Waals surface area (Å²) in [6.45, 7) is 4.06. The number of carbonyl (C=O) groups excluding carboxylic acids is 1. The van der Waals surface area contributed by atoms with Gasteiger partial charge in [-0.2, -0.15) is 0 Å². The van der Waals surface area contributed by atoms with Gasteiger partial charge in [-0.05, 0) is 37.1 Å².